The summed E-state index contributed by atoms with van der Waals surface area (Å²) in [4.78, 5) is 25.3. The molecule has 0 saturated carbocycles. The van der Waals surface area contributed by atoms with Gasteiger partial charge in [-0.25, -0.2) is 0 Å². The molecule has 0 bridgehead atoms. The molecule has 4 nitrogen and oxygen atoms in total. The summed E-state index contributed by atoms with van der Waals surface area (Å²) in [6.45, 7) is 3.62. The zero-order valence-electron chi connectivity index (χ0n) is 11.3. The Morgan fingerprint density at radius 3 is 2.28 bits per heavy atom. The van der Waals surface area contributed by atoms with Gasteiger partial charge < -0.3 is 9.64 Å². The zero-order valence-corrected chi connectivity index (χ0v) is 11.3. The summed E-state index contributed by atoms with van der Waals surface area (Å²) in [6, 6.07) is 9.63. The van der Waals surface area contributed by atoms with E-state index >= 15 is 0 Å². The van der Waals surface area contributed by atoms with Gasteiger partial charge in [0.25, 0.3) is 0 Å². The van der Waals surface area contributed by atoms with Gasteiger partial charge in [0.1, 0.15) is 5.41 Å². The normalized spacial score (nSPS) is 10.9. The summed E-state index contributed by atoms with van der Waals surface area (Å²) >= 11 is 0. The molecular formula is C14H19NO3. The van der Waals surface area contributed by atoms with Crippen LogP contribution in [-0.2, 0) is 20.9 Å². The highest BCUT2D eigenvalue weighted by Crippen LogP contribution is 2.21. The summed E-state index contributed by atoms with van der Waals surface area (Å²) in [5.41, 5.74) is -0.132. The molecule has 0 atom stereocenters. The predicted molar refractivity (Wildman–Crippen MR) is 68.7 cm³/mol. The van der Waals surface area contributed by atoms with Gasteiger partial charge in [-0.05, 0) is 19.4 Å². The molecule has 0 aliphatic rings. The van der Waals surface area contributed by atoms with Gasteiger partial charge in [-0.3, -0.25) is 9.59 Å². The fourth-order valence-electron chi connectivity index (χ4n) is 1.75. The lowest BCUT2D eigenvalue weighted by Crippen LogP contribution is -2.43. The minimum atomic E-state index is -1.15. The predicted octanol–water partition coefficient (Wildman–Crippen LogP) is 1.84. The molecule has 0 aliphatic carbocycles. The lowest BCUT2D eigenvalue weighted by Gasteiger charge is -2.27. The van der Waals surface area contributed by atoms with Crippen molar-refractivity contribution in [1.82, 2.24) is 4.90 Å². The third-order valence-electron chi connectivity index (χ3n) is 2.84. The second kappa shape index (κ2) is 5.67. The first-order valence-corrected chi connectivity index (χ1v) is 5.77. The first kappa shape index (κ1) is 14.2. The molecule has 0 radical (unpaired) electrons. The summed E-state index contributed by atoms with van der Waals surface area (Å²) in [7, 11) is 2.97. The van der Waals surface area contributed by atoms with Crippen molar-refractivity contribution in [3.8, 4) is 0 Å². The van der Waals surface area contributed by atoms with Crippen molar-refractivity contribution in [3.63, 3.8) is 0 Å². The molecule has 1 aromatic carbocycles. The van der Waals surface area contributed by atoms with E-state index in [1.807, 2.05) is 30.3 Å². The van der Waals surface area contributed by atoms with Crippen LogP contribution in [0.4, 0.5) is 0 Å². The van der Waals surface area contributed by atoms with E-state index in [4.69, 9.17) is 0 Å². The van der Waals surface area contributed by atoms with Crippen LogP contribution in [0, 0.1) is 5.41 Å². The molecule has 1 rings (SSSR count). The number of methoxy groups -OCH3 is 1. The van der Waals surface area contributed by atoms with E-state index in [9.17, 15) is 9.59 Å². The maximum atomic E-state index is 12.2. The lowest BCUT2D eigenvalue weighted by atomic mass is 9.91. The molecule has 18 heavy (non-hydrogen) atoms. The summed E-state index contributed by atoms with van der Waals surface area (Å²) in [6.07, 6.45) is 0. The topological polar surface area (TPSA) is 46.6 Å². The fraction of sp³-hybridized carbons (Fsp3) is 0.429. The van der Waals surface area contributed by atoms with Crippen LogP contribution in [0.1, 0.15) is 19.4 Å². The van der Waals surface area contributed by atoms with Crippen molar-refractivity contribution in [1.29, 1.82) is 0 Å². The fourth-order valence-corrected chi connectivity index (χ4v) is 1.75. The third-order valence-corrected chi connectivity index (χ3v) is 2.84. The van der Waals surface area contributed by atoms with Crippen molar-refractivity contribution in [2.24, 2.45) is 5.41 Å². The maximum Gasteiger partial charge on any atom is 0.320 e. The summed E-state index contributed by atoms with van der Waals surface area (Å²) < 4.78 is 4.65. The first-order chi connectivity index (χ1) is 8.39. The SMILES string of the molecule is COC(=O)C(C)(C)C(=O)N(C)Cc1ccccc1. The van der Waals surface area contributed by atoms with Gasteiger partial charge >= 0.3 is 5.97 Å². The van der Waals surface area contributed by atoms with E-state index in [0.717, 1.165) is 5.56 Å². The van der Waals surface area contributed by atoms with E-state index < -0.39 is 11.4 Å². The molecule has 0 unspecified atom stereocenters. The minimum absolute atomic E-state index is 0.252. The second-order valence-electron chi connectivity index (χ2n) is 4.76. The van der Waals surface area contributed by atoms with Gasteiger partial charge in [0.05, 0.1) is 7.11 Å². The Kier molecular flexibility index (Phi) is 4.48. The molecule has 0 N–H and O–H groups in total. The standard InChI is InChI=1S/C14H19NO3/c1-14(2,13(17)18-4)12(16)15(3)10-11-8-6-5-7-9-11/h5-9H,10H2,1-4H3. The number of carbonyl (C=O) groups is 2. The number of amides is 1. The lowest BCUT2D eigenvalue weighted by molar-refractivity contribution is -0.160. The van der Waals surface area contributed by atoms with Gasteiger partial charge in [-0.2, -0.15) is 0 Å². The van der Waals surface area contributed by atoms with E-state index in [2.05, 4.69) is 4.74 Å². The number of benzene rings is 1. The quantitative estimate of drug-likeness (QED) is 0.604. The number of ether oxygens (including phenoxy) is 1. The zero-order chi connectivity index (χ0) is 13.8. The Labute approximate surface area is 108 Å². The van der Waals surface area contributed by atoms with Crippen LogP contribution in [0.25, 0.3) is 0 Å². The van der Waals surface area contributed by atoms with Gasteiger partial charge in [0, 0.05) is 13.6 Å². The largest absolute Gasteiger partial charge is 0.468 e. The molecule has 1 aromatic rings. The van der Waals surface area contributed by atoms with E-state index in [-0.39, 0.29) is 5.91 Å². The van der Waals surface area contributed by atoms with Crippen molar-refractivity contribution in [3.05, 3.63) is 35.9 Å². The molecule has 0 heterocycles. The van der Waals surface area contributed by atoms with E-state index in [0.29, 0.717) is 6.54 Å². The monoisotopic (exact) mass is 249 g/mol. The second-order valence-corrected chi connectivity index (χ2v) is 4.76. The molecule has 98 valence electrons. The first-order valence-electron chi connectivity index (χ1n) is 5.77. The van der Waals surface area contributed by atoms with Crippen LogP contribution in [0.3, 0.4) is 0 Å². The Hall–Kier alpha value is -1.84. The number of esters is 1. The Morgan fingerprint density at radius 2 is 1.78 bits per heavy atom. The van der Waals surface area contributed by atoms with Gasteiger partial charge in [-0.1, -0.05) is 30.3 Å². The van der Waals surface area contributed by atoms with Gasteiger partial charge in [0.2, 0.25) is 5.91 Å². The molecule has 0 saturated heterocycles. The van der Waals surface area contributed by atoms with Crippen LogP contribution in [0.5, 0.6) is 0 Å². The average molecular weight is 249 g/mol. The van der Waals surface area contributed by atoms with E-state index in [1.54, 1.807) is 20.9 Å². The smallest absolute Gasteiger partial charge is 0.320 e. The molecule has 1 amide bonds. The van der Waals surface area contributed by atoms with Crippen LogP contribution < -0.4 is 0 Å². The highest BCUT2D eigenvalue weighted by Gasteiger charge is 2.39. The highest BCUT2D eigenvalue weighted by atomic mass is 16.5. The average Bonchev–Trinajstić information content (AvgIpc) is 2.37. The van der Waals surface area contributed by atoms with Crippen LogP contribution in [0.15, 0.2) is 30.3 Å². The van der Waals surface area contributed by atoms with Crippen LogP contribution in [0.2, 0.25) is 0 Å². The van der Waals surface area contributed by atoms with Crippen LogP contribution >= 0.6 is 0 Å². The number of rotatable bonds is 4. The molecule has 0 fully saturated rings. The molecule has 0 aliphatic heterocycles. The number of carbonyl (C=O) groups excluding carboxylic acids is 2. The Balaban J connectivity index is 2.76. The Morgan fingerprint density at radius 1 is 1.22 bits per heavy atom. The van der Waals surface area contributed by atoms with Crippen LogP contribution in [-0.4, -0.2) is 30.9 Å². The van der Waals surface area contributed by atoms with Crippen molar-refractivity contribution < 1.29 is 14.3 Å². The molecule has 0 spiro atoms. The van der Waals surface area contributed by atoms with Crippen molar-refractivity contribution in [2.45, 2.75) is 20.4 Å². The summed E-state index contributed by atoms with van der Waals surface area (Å²) in [5, 5.41) is 0. The highest BCUT2D eigenvalue weighted by molar-refractivity contribution is 6.01. The van der Waals surface area contributed by atoms with Gasteiger partial charge in [0.15, 0.2) is 0 Å². The number of hydrogen-bond donors (Lipinski definition) is 0. The minimum Gasteiger partial charge on any atom is -0.468 e. The van der Waals surface area contributed by atoms with Crippen molar-refractivity contribution >= 4 is 11.9 Å². The summed E-state index contributed by atoms with van der Waals surface area (Å²) in [5.74, 6) is -0.773. The van der Waals surface area contributed by atoms with Crippen molar-refractivity contribution in [2.75, 3.05) is 14.2 Å². The molecule has 0 aromatic heterocycles. The molecule has 4 heteroatoms. The number of hydrogen-bond acceptors (Lipinski definition) is 3. The molecular weight excluding hydrogens is 230 g/mol. The third kappa shape index (κ3) is 3.09. The maximum absolute atomic E-state index is 12.2. The van der Waals surface area contributed by atoms with E-state index in [1.165, 1.54) is 12.0 Å². The Bertz CT molecular complexity index is 426. The van der Waals surface area contributed by atoms with Gasteiger partial charge in [-0.15, -0.1) is 0 Å². The number of nitrogens with zero attached hydrogens (tertiary/aromatic N) is 1.